The van der Waals surface area contributed by atoms with Gasteiger partial charge in [-0.3, -0.25) is 0 Å². The SMILES string of the molecule is Cc1cccc(-n2nc(-c3ccc(C(F)(F)F)cc3)c3c2NCC3)c1. The summed E-state index contributed by atoms with van der Waals surface area (Å²) in [5.41, 5.74) is 3.87. The molecule has 0 spiro atoms. The molecule has 1 N–H and O–H groups in total. The van der Waals surface area contributed by atoms with Gasteiger partial charge in [0.2, 0.25) is 0 Å². The van der Waals surface area contributed by atoms with Gasteiger partial charge in [0.25, 0.3) is 0 Å². The minimum absolute atomic E-state index is 0.649. The molecule has 0 saturated heterocycles. The molecule has 0 saturated carbocycles. The van der Waals surface area contributed by atoms with Gasteiger partial charge in [0.1, 0.15) is 5.82 Å². The van der Waals surface area contributed by atoms with Crippen molar-refractivity contribution in [3.05, 3.63) is 65.2 Å². The van der Waals surface area contributed by atoms with E-state index >= 15 is 0 Å². The van der Waals surface area contributed by atoms with Crippen molar-refractivity contribution < 1.29 is 13.2 Å². The van der Waals surface area contributed by atoms with E-state index in [0.717, 1.165) is 53.4 Å². The summed E-state index contributed by atoms with van der Waals surface area (Å²) >= 11 is 0. The largest absolute Gasteiger partial charge is 0.416 e. The van der Waals surface area contributed by atoms with E-state index in [0.29, 0.717) is 5.56 Å². The summed E-state index contributed by atoms with van der Waals surface area (Å²) in [6, 6.07) is 13.2. The maximum atomic E-state index is 12.8. The third-order valence-corrected chi connectivity index (χ3v) is 4.38. The molecule has 3 aromatic rings. The molecular weight excluding hydrogens is 327 g/mol. The minimum atomic E-state index is -4.33. The normalized spacial score (nSPS) is 13.6. The van der Waals surface area contributed by atoms with E-state index in [4.69, 9.17) is 0 Å². The molecule has 2 heterocycles. The highest BCUT2D eigenvalue weighted by Gasteiger charge is 2.30. The number of benzene rings is 2. The van der Waals surface area contributed by atoms with Crippen LogP contribution in [0.15, 0.2) is 48.5 Å². The third kappa shape index (κ3) is 2.77. The van der Waals surface area contributed by atoms with E-state index in [1.54, 1.807) is 0 Å². The highest BCUT2D eigenvalue weighted by molar-refractivity contribution is 5.73. The van der Waals surface area contributed by atoms with E-state index in [2.05, 4.69) is 10.4 Å². The van der Waals surface area contributed by atoms with E-state index in [1.165, 1.54) is 12.1 Å². The first-order chi connectivity index (χ1) is 11.9. The molecule has 6 heteroatoms. The smallest absolute Gasteiger partial charge is 0.369 e. The van der Waals surface area contributed by atoms with Gasteiger partial charge in [-0.05, 0) is 43.2 Å². The van der Waals surface area contributed by atoms with Crippen LogP contribution < -0.4 is 5.32 Å². The van der Waals surface area contributed by atoms with Gasteiger partial charge in [-0.2, -0.15) is 18.3 Å². The quantitative estimate of drug-likeness (QED) is 0.722. The van der Waals surface area contributed by atoms with E-state index < -0.39 is 11.7 Å². The van der Waals surface area contributed by atoms with Crippen LogP contribution in [0, 0.1) is 6.92 Å². The van der Waals surface area contributed by atoms with Crippen molar-refractivity contribution in [1.82, 2.24) is 9.78 Å². The Morgan fingerprint density at radius 2 is 1.84 bits per heavy atom. The fraction of sp³-hybridized carbons (Fsp3) is 0.211. The first-order valence-electron chi connectivity index (χ1n) is 8.04. The highest BCUT2D eigenvalue weighted by Crippen LogP contribution is 2.36. The molecular formula is C19H16F3N3. The third-order valence-electron chi connectivity index (χ3n) is 4.38. The van der Waals surface area contributed by atoms with Crippen molar-refractivity contribution in [2.24, 2.45) is 0 Å². The summed E-state index contributed by atoms with van der Waals surface area (Å²) in [5.74, 6) is 0.917. The van der Waals surface area contributed by atoms with Gasteiger partial charge in [-0.15, -0.1) is 0 Å². The van der Waals surface area contributed by atoms with E-state index in [1.807, 2.05) is 35.9 Å². The van der Waals surface area contributed by atoms with Crippen LogP contribution >= 0.6 is 0 Å². The molecule has 0 amide bonds. The maximum absolute atomic E-state index is 12.8. The number of rotatable bonds is 2. The predicted octanol–water partition coefficient (Wildman–Crippen LogP) is 4.83. The number of nitrogens with zero attached hydrogens (tertiary/aromatic N) is 2. The lowest BCUT2D eigenvalue weighted by Gasteiger charge is -2.08. The first kappa shape index (κ1) is 15.7. The average Bonchev–Trinajstić information content (AvgIpc) is 3.16. The Morgan fingerprint density at radius 3 is 2.52 bits per heavy atom. The standard InChI is InChI=1S/C19H16F3N3/c1-12-3-2-4-15(11-12)25-18-16(9-10-23-18)17(24-25)13-5-7-14(8-6-13)19(20,21)22/h2-8,11,23H,9-10H2,1H3. The molecule has 1 aromatic heterocycles. The van der Waals surface area contributed by atoms with Crippen LogP contribution in [0.3, 0.4) is 0 Å². The van der Waals surface area contributed by atoms with Crippen LogP contribution in [-0.4, -0.2) is 16.3 Å². The molecule has 25 heavy (non-hydrogen) atoms. The molecule has 0 radical (unpaired) electrons. The Labute approximate surface area is 143 Å². The molecule has 0 aliphatic carbocycles. The lowest BCUT2D eigenvalue weighted by molar-refractivity contribution is -0.137. The first-order valence-corrected chi connectivity index (χ1v) is 8.04. The Kier molecular flexibility index (Phi) is 3.56. The van der Waals surface area contributed by atoms with Gasteiger partial charge in [0.15, 0.2) is 0 Å². The zero-order chi connectivity index (χ0) is 17.6. The predicted molar refractivity (Wildman–Crippen MR) is 90.9 cm³/mol. The van der Waals surface area contributed by atoms with Crippen LogP contribution in [0.4, 0.5) is 19.0 Å². The molecule has 2 aromatic carbocycles. The lowest BCUT2D eigenvalue weighted by atomic mass is 10.0. The number of aryl methyl sites for hydroxylation is 1. The Hall–Kier alpha value is -2.76. The lowest BCUT2D eigenvalue weighted by Crippen LogP contribution is -2.05. The summed E-state index contributed by atoms with van der Waals surface area (Å²) in [6.07, 6.45) is -3.53. The zero-order valence-electron chi connectivity index (χ0n) is 13.6. The molecule has 0 atom stereocenters. The van der Waals surface area contributed by atoms with Crippen LogP contribution in [0.5, 0.6) is 0 Å². The van der Waals surface area contributed by atoms with Gasteiger partial charge in [-0.1, -0.05) is 24.3 Å². The number of nitrogens with one attached hydrogen (secondary N) is 1. The molecule has 0 bridgehead atoms. The summed E-state index contributed by atoms with van der Waals surface area (Å²) in [6.45, 7) is 2.81. The summed E-state index contributed by atoms with van der Waals surface area (Å²) in [5, 5.41) is 8.01. The number of halogens is 3. The van der Waals surface area contributed by atoms with E-state index in [-0.39, 0.29) is 0 Å². The van der Waals surface area contributed by atoms with Gasteiger partial charge in [-0.25, -0.2) is 4.68 Å². The van der Waals surface area contributed by atoms with E-state index in [9.17, 15) is 13.2 Å². The summed E-state index contributed by atoms with van der Waals surface area (Å²) < 4.78 is 40.2. The van der Waals surface area contributed by atoms with Crippen LogP contribution in [0.1, 0.15) is 16.7 Å². The van der Waals surface area contributed by atoms with Gasteiger partial charge >= 0.3 is 6.18 Å². The topological polar surface area (TPSA) is 29.9 Å². The van der Waals surface area contributed by atoms with Crippen molar-refractivity contribution in [2.75, 3.05) is 11.9 Å². The van der Waals surface area contributed by atoms with Crippen molar-refractivity contribution >= 4 is 5.82 Å². The number of fused-ring (bicyclic) bond motifs is 1. The van der Waals surface area contributed by atoms with Crippen molar-refractivity contribution in [3.63, 3.8) is 0 Å². The second-order valence-electron chi connectivity index (χ2n) is 6.18. The molecule has 128 valence electrons. The fourth-order valence-corrected chi connectivity index (χ4v) is 3.17. The van der Waals surface area contributed by atoms with Gasteiger partial charge in [0, 0.05) is 17.7 Å². The second kappa shape index (κ2) is 5.65. The highest BCUT2D eigenvalue weighted by atomic mass is 19.4. The molecule has 4 rings (SSSR count). The number of anilines is 1. The molecule has 0 unspecified atom stereocenters. The van der Waals surface area contributed by atoms with Crippen molar-refractivity contribution in [2.45, 2.75) is 19.5 Å². The van der Waals surface area contributed by atoms with Crippen LogP contribution in [0.25, 0.3) is 16.9 Å². The van der Waals surface area contributed by atoms with Crippen molar-refractivity contribution in [3.8, 4) is 16.9 Å². The van der Waals surface area contributed by atoms with Crippen LogP contribution in [-0.2, 0) is 12.6 Å². The number of hydrogen-bond donors (Lipinski definition) is 1. The Morgan fingerprint density at radius 1 is 1.08 bits per heavy atom. The van der Waals surface area contributed by atoms with Crippen LogP contribution in [0.2, 0.25) is 0 Å². The van der Waals surface area contributed by atoms with Crippen molar-refractivity contribution in [1.29, 1.82) is 0 Å². The Bertz CT molecular complexity index is 924. The second-order valence-corrected chi connectivity index (χ2v) is 6.18. The zero-order valence-corrected chi connectivity index (χ0v) is 13.6. The number of alkyl halides is 3. The fourth-order valence-electron chi connectivity index (χ4n) is 3.17. The summed E-state index contributed by atoms with van der Waals surface area (Å²) in [7, 11) is 0. The monoisotopic (exact) mass is 343 g/mol. The molecule has 0 fully saturated rings. The van der Waals surface area contributed by atoms with Gasteiger partial charge in [0.05, 0.1) is 16.9 Å². The molecule has 3 nitrogen and oxygen atoms in total. The summed E-state index contributed by atoms with van der Waals surface area (Å²) in [4.78, 5) is 0. The Balaban J connectivity index is 1.80. The van der Waals surface area contributed by atoms with Gasteiger partial charge < -0.3 is 5.32 Å². The minimum Gasteiger partial charge on any atom is -0.369 e. The molecule has 1 aliphatic rings. The number of aromatic nitrogens is 2. The maximum Gasteiger partial charge on any atom is 0.416 e. The molecule has 1 aliphatic heterocycles. The average molecular weight is 343 g/mol. The number of hydrogen-bond acceptors (Lipinski definition) is 2.